The van der Waals surface area contributed by atoms with Crippen molar-refractivity contribution >= 4 is 109 Å². The van der Waals surface area contributed by atoms with Gasteiger partial charge in [-0.05, 0) is 186 Å². The maximum Gasteiger partial charge on any atom is 0.135 e. The molecule has 0 amide bonds. The molecule has 0 saturated carbocycles. The summed E-state index contributed by atoms with van der Waals surface area (Å²) in [5.41, 5.74) is 18.0. The first-order valence-corrected chi connectivity index (χ1v) is 27.5. The third kappa shape index (κ3) is 6.79. The molecule has 17 rings (SSSR count). The van der Waals surface area contributed by atoms with Crippen LogP contribution in [-0.4, -0.2) is 0 Å². The molecule has 80 heavy (non-hydrogen) atoms. The summed E-state index contributed by atoms with van der Waals surface area (Å²) in [6.45, 7) is 0. The number of furan rings is 2. The zero-order valence-electron chi connectivity index (χ0n) is 43.4. The SMILES string of the molecule is c1ccc(-c2c3ccccc3c(-c3ccc4oc5ccccc5c4c3)c3ccccc23)c(-c2ccc3ccc(-c4ccc5oc6ccc(-c7c8ccccc8c(-c8cccc9ccccc89)c8ccccc78)cc6c5c4)cc3c2)c1. The van der Waals surface area contributed by atoms with Crippen LogP contribution >= 0.6 is 0 Å². The van der Waals surface area contributed by atoms with Gasteiger partial charge in [-0.1, -0.05) is 224 Å². The molecule has 0 atom stereocenters. The van der Waals surface area contributed by atoms with Crippen molar-refractivity contribution in [3.8, 4) is 66.8 Å². The third-order valence-corrected chi connectivity index (χ3v) is 17.0. The normalized spacial score (nSPS) is 12.0. The minimum atomic E-state index is 0.877. The number of hydrogen-bond donors (Lipinski definition) is 0. The largest absolute Gasteiger partial charge is 0.456 e. The lowest BCUT2D eigenvalue weighted by Crippen LogP contribution is -1.92. The van der Waals surface area contributed by atoms with Crippen LogP contribution in [0.1, 0.15) is 0 Å². The number of rotatable bonds is 6. The Morgan fingerprint density at radius 2 is 0.512 bits per heavy atom. The Kier molecular flexibility index (Phi) is 9.75. The van der Waals surface area contributed by atoms with Gasteiger partial charge in [-0.2, -0.15) is 0 Å². The van der Waals surface area contributed by atoms with Gasteiger partial charge in [-0.25, -0.2) is 0 Å². The monoisotopic (exact) mass is 1010 g/mol. The fourth-order valence-electron chi connectivity index (χ4n) is 13.4. The van der Waals surface area contributed by atoms with Crippen molar-refractivity contribution in [1.82, 2.24) is 0 Å². The van der Waals surface area contributed by atoms with Gasteiger partial charge in [0.1, 0.15) is 22.3 Å². The molecule has 15 aromatic carbocycles. The van der Waals surface area contributed by atoms with Gasteiger partial charge in [0.2, 0.25) is 0 Å². The second-order valence-electron chi connectivity index (χ2n) is 21.4. The van der Waals surface area contributed by atoms with Gasteiger partial charge < -0.3 is 8.83 Å². The van der Waals surface area contributed by atoms with Crippen molar-refractivity contribution in [3.05, 3.63) is 279 Å². The Morgan fingerprint density at radius 1 is 0.163 bits per heavy atom. The standard InChI is InChI=1S/C78H46O2/c1-2-18-55-48(16-1)17-15-30-59(55)78-66-28-11-7-24-62(66)76(63-25-8-12-29-67(63)78)53-38-41-74-70(46-53)69-44-50(36-39-73(69)80-74)49-34-32-47-33-35-51(43-54(47)42-49)56-19-3-4-21-58(56)77-64-26-9-5-22-60(64)75(61-23-6-10-27-65(61)77)52-37-40-72-68(45-52)57-20-13-14-31-71(57)79-72/h1-46H. The molecular formula is C78H46O2. The van der Waals surface area contributed by atoms with E-state index < -0.39 is 0 Å². The van der Waals surface area contributed by atoms with Crippen LogP contribution in [0.15, 0.2) is 288 Å². The first kappa shape index (κ1) is 44.6. The summed E-state index contributed by atoms with van der Waals surface area (Å²) in [5.74, 6) is 0. The number of fused-ring (bicyclic) bond motifs is 12. The van der Waals surface area contributed by atoms with Gasteiger partial charge in [0, 0.05) is 21.5 Å². The highest BCUT2D eigenvalue weighted by molar-refractivity contribution is 6.25. The molecule has 0 N–H and O–H groups in total. The van der Waals surface area contributed by atoms with Crippen LogP contribution in [0.5, 0.6) is 0 Å². The summed E-state index contributed by atoms with van der Waals surface area (Å²) < 4.78 is 12.9. The van der Waals surface area contributed by atoms with Gasteiger partial charge in [0.15, 0.2) is 0 Å². The lowest BCUT2D eigenvalue weighted by atomic mass is 9.83. The molecule has 0 saturated heterocycles. The molecule has 2 nitrogen and oxygen atoms in total. The maximum absolute atomic E-state index is 6.62. The lowest BCUT2D eigenvalue weighted by Gasteiger charge is -2.20. The predicted molar refractivity (Wildman–Crippen MR) is 339 cm³/mol. The molecule has 0 aliphatic carbocycles. The molecule has 2 heteroatoms. The summed E-state index contributed by atoms with van der Waals surface area (Å²) >= 11 is 0. The molecule has 17 aromatic rings. The zero-order valence-corrected chi connectivity index (χ0v) is 43.4. The fourth-order valence-corrected chi connectivity index (χ4v) is 13.4. The average Bonchev–Trinajstić information content (AvgIpc) is 4.15. The van der Waals surface area contributed by atoms with Crippen LogP contribution in [0, 0.1) is 0 Å². The Hall–Kier alpha value is -10.5. The minimum Gasteiger partial charge on any atom is -0.456 e. The highest BCUT2D eigenvalue weighted by atomic mass is 16.3. The van der Waals surface area contributed by atoms with E-state index in [0.717, 1.165) is 55.0 Å². The third-order valence-electron chi connectivity index (χ3n) is 17.0. The summed E-state index contributed by atoms with van der Waals surface area (Å²) in [7, 11) is 0. The van der Waals surface area contributed by atoms with E-state index in [4.69, 9.17) is 8.83 Å². The number of benzene rings is 15. The van der Waals surface area contributed by atoms with E-state index in [9.17, 15) is 0 Å². The lowest BCUT2D eigenvalue weighted by molar-refractivity contribution is 0.668. The van der Waals surface area contributed by atoms with Crippen LogP contribution < -0.4 is 0 Å². The Morgan fingerprint density at radius 3 is 1.09 bits per heavy atom. The van der Waals surface area contributed by atoms with Crippen molar-refractivity contribution in [1.29, 1.82) is 0 Å². The van der Waals surface area contributed by atoms with Crippen molar-refractivity contribution in [2.24, 2.45) is 0 Å². The molecule has 0 spiro atoms. The van der Waals surface area contributed by atoms with Crippen LogP contribution in [0.3, 0.4) is 0 Å². The Bertz CT molecular complexity index is 5320. The van der Waals surface area contributed by atoms with Crippen molar-refractivity contribution in [3.63, 3.8) is 0 Å². The summed E-state index contributed by atoms with van der Waals surface area (Å²) in [6, 6.07) is 102. The molecule has 0 fully saturated rings. The summed E-state index contributed by atoms with van der Waals surface area (Å²) in [6.07, 6.45) is 0. The molecule has 0 aliphatic rings. The van der Waals surface area contributed by atoms with Gasteiger partial charge in [0.25, 0.3) is 0 Å². The predicted octanol–water partition coefficient (Wildman–Crippen LogP) is 22.4. The zero-order chi connectivity index (χ0) is 52.4. The van der Waals surface area contributed by atoms with E-state index in [-0.39, 0.29) is 0 Å². The Labute approximate surface area is 460 Å². The molecule has 2 heterocycles. The molecule has 0 unspecified atom stereocenters. The van der Waals surface area contributed by atoms with Gasteiger partial charge in [-0.3, -0.25) is 0 Å². The summed E-state index contributed by atoms with van der Waals surface area (Å²) in [5, 5.41) is 19.2. The molecule has 2 aromatic heterocycles. The Balaban J connectivity index is 0.779. The van der Waals surface area contributed by atoms with Gasteiger partial charge in [-0.15, -0.1) is 0 Å². The molecule has 0 bridgehead atoms. The summed E-state index contributed by atoms with van der Waals surface area (Å²) in [4.78, 5) is 0. The van der Waals surface area contributed by atoms with E-state index in [1.54, 1.807) is 0 Å². The fraction of sp³-hybridized carbons (Fsp3) is 0. The first-order chi connectivity index (χ1) is 39.7. The molecule has 0 radical (unpaired) electrons. The second kappa shape index (κ2) is 17.5. The highest BCUT2D eigenvalue weighted by Gasteiger charge is 2.22. The van der Waals surface area contributed by atoms with Crippen LogP contribution in [0.4, 0.5) is 0 Å². The smallest absolute Gasteiger partial charge is 0.135 e. The van der Waals surface area contributed by atoms with E-state index in [2.05, 4.69) is 273 Å². The van der Waals surface area contributed by atoms with Gasteiger partial charge in [0.05, 0.1) is 0 Å². The number of para-hydroxylation sites is 1. The van der Waals surface area contributed by atoms with Crippen molar-refractivity contribution in [2.75, 3.05) is 0 Å². The first-order valence-electron chi connectivity index (χ1n) is 27.5. The van der Waals surface area contributed by atoms with Crippen molar-refractivity contribution < 1.29 is 8.83 Å². The number of hydrogen-bond acceptors (Lipinski definition) is 2. The van der Waals surface area contributed by atoms with Crippen LogP contribution in [0.2, 0.25) is 0 Å². The van der Waals surface area contributed by atoms with E-state index >= 15 is 0 Å². The topological polar surface area (TPSA) is 26.3 Å². The highest BCUT2D eigenvalue weighted by Crippen LogP contribution is 2.49. The minimum absolute atomic E-state index is 0.877. The van der Waals surface area contributed by atoms with E-state index in [1.807, 2.05) is 6.07 Å². The van der Waals surface area contributed by atoms with E-state index in [1.165, 1.54) is 120 Å². The van der Waals surface area contributed by atoms with Gasteiger partial charge >= 0.3 is 0 Å². The van der Waals surface area contributed by atoms with Crippen molar-refractivity contribution in [2.45, 2.75) is 0 Å². The van der Waals surface area contributed by atoms with Crippen LogP contribution in [-0.2, 0) is 0 Å². The molecule has 0 aliphatic heterocycles. The average molecular weight is 1020 g/mol. The maximum atomic E-state index is 6.62. The molecular weight excluding hydrogens is 969 g/mol. The quantitative estimate of drug-likeness (QED) is 0.155. The van der Waals surface area contributed by atoms with E-state index in [0.29, 0.717) is 0 Å². The second-order valence-corrected chi connectivity index (χ2v) is 21.4. The molecule has 370 valence electrons. The van der Waals surface area contributed by atoms with Crippen LogP contribution in [0.25, 0.3) is 175 Å².